The molecule has 1 heterocycles. The molecule has 0 saturated carbocycles. The molecule has 37 heavy (non-hydrogen) atoms. The first-order chi connectivity index (χ1) is 17.6. The van der Waals surface area contributed by atoms with Gasteiger partial charge in [-0.1, -0.05) is 13.0 Å². The smallest absolute Gasteiger partial charge is 0.334 e. The van der Waals surface area contributed by atoms with Gasteiger partial charge in [-0.2, -0.15) is 0 Å². The van der Waals surface area contributed by atoms with Crippen LogP contribution >= 0.6 is 0 Å². The van der Waals surface area contributed by atoms with Gasteiger partial charge in [0.15, 0.2) is 29.1 Å². The maximum atomic E-state index is 13.0. The zero-order valence-corrected chi connectivity index (χ0v) is 22.5. The van der Waals surface area contributed by atoms with E-state index in [1.165, 1.54) is 21.3 Å². The third kappa shape index (κ3) is 4.21. The van der Waals surface area contributed by atoms with Crippen LogP contribution in [0.5, 0.6) is 34.5 Å². The Kier molecular flexibility index (Phi) is 7.19. The minimum atomic E-state index is -1.48. The molecule has 9 heteroatoms. The number of allylic oxidation sites excluding steroid dienone is 1. The topological polar surface area (TPSA) is 102 Å². The number of fused-ring (bicyclic) bond motifs is 4. The van der Waals surface area contributed by atoms with E-state index >= 15 is 0 Å². The van der Waals surface area contributed by atoms with Gasteiger partial charge in [0.1, 0.15) is 5.60 Å². The highest BCUT2D eigenvalue weighted by Crippen LogP contribution is 2.59. The molecule has 3 atom stereocenters. The molecule has 2 aliphatic rings. The molecule has 2 aromatic carbocycles. The van der Waals surface area contributed by atoms with Crippen LogP contribution in [0.4, 0.5) is 0 Å². The molecule has 0 saturated heterocycles. The van der Waals surface area contributed by atoms with E-state index in [0.29, 0.717) is 63.2 Å². The van der Waals surface area contributed by atoms with Gasteiger partial charge in [-0.25, -0.2) is 4.79 Å². The Morgan fingerprint density at radius 3 is 2.30 bits per heavy atom. The minimum absolute atomic E-state index is 0.0562. The van der Waals surface area contributed by atoms with E-state index in [2.05, 4.69) is 0 Å². The third-order valence-corrected chi connectivity index (χ3v) is 7.33. The van der Waals surface area contributed by atoms with Crippen molar-refractivity contribution in [1.82, 2.24) is 0 Å². The Hall–Kier alpha value is -3.59. The number of carbonyl (C=O) groups is 1. The summed E-state index contributed by atoms with van der Waals surface area (Å²) in [5, 5.41) is 12.0. The quantitative estimate of drug-likeness (QED) is 0.437. The highest BCUT2D eigenvalue weighted by Gasteiger charge is 2.47. The summed E-state index contributed by atoms with van der Waals surface area (Å²) in [4.78, 5) is 13.0. The van der Waals surface area contributed by atoms with Crippen molar-refractivity contribution in [3.05, 3.63) is 34.9 Å². The zero-order chi connectivity index (χ0) is 27.1. The van der Waals surface area contributed by atoms with E-state index in [1.807, 2.05) is 13.0 Å². The van der Waals surface area contributed by atoms with Crippen molar-refractivity contribution in [3.63, 3.8) is 0 Å². The normalized spacial score (nSPS) is 22.2. The molecule has 0 aromatic heterocycles. The van der Waals surface area contributed by atoms with Crippen molar-refractivity contribution in [2.75, 3.05) is 35.2 Å². The summed E-state index contributed by atoms with van der Waals surface area (Å²) in [6, 6.07) is 3.60. The number of methoxy groups -OCH3 is 4. The van der Waals surface area contributed by atoms with Crippen LogP contribution in [0.2, 0.25) is 0 Å². The van der Waals surface area contributed by atoms with Gasteiger partial charge in [0, 0.05) is 22.3 Å². The Balaban J connectivity index is 2.17. The predicted molar refractivity (Wildman–Crippen MR) is 136 cm³/mol. The molecule has 9 nitrogen and oxygen atoms in total. The SMILES string of the molecule is C/C=C(/C)C(=O)OC1c2cc(OC)c(OC)c(OC)c2-c2c(cc3c(c2OC)OCO3)C[C@H](C)[C@]1(C)O. The van der Waals surface area contributed by atoms with Crippen LogP contribution in [0.25, 0.3) is 11.1 Å². The average molecular weight is 515 g/mol. The lowest BCUT2D eigenvalue weighted by Gasteiger charge is -2.41. The van der Waals surface area contributed by atoms with Crippen molar-refractivity contribution < 1.29 is 43.1 Å². The second-order valence-electron chi connectivity index (χ2n) is 9.38. The molecule has 1 unspecified atom stereocenters. The number of aliphatic hydroxyl groups is 1. The number of hydrogen-bond acceptors (Lipinski definition) is 9. The Bertz CT molecular complexity index is 1250. The average Bonchev–Trinajstić information content (AvgIpc) is 3.36. The maximum absolute atomic E-state index is 13.0. The molecule has 0 bridgehead atoms. The molecule has 200 valence electrons. The van der Waals surface area contributed by atoms with Crippen molar-refractivity contribution in [1.29, 1.82) is 0 Å². The summed E-state index contributed by atoms with van der Waals surface area (Å²) >= 11 is 0. The first-order valence-electron chi connectivity index (χ1n) is 12.0. The number of benzene rings is 2. The largest absolute Gasteiger partial charge is 0.493 e. The summed E-state index contributed by atoms with van der Waals surface area (Å²) in [6.07, 6.45) is 0.998. The fourth-order valence-electron chi connectivity index (χ4n) is 4.94. The first-order valence-corrected chi connectivity index (χ1v) is 12.0. The Morgan fingerprint density at radius 1 is 1.03 bits per heavy atom. The van der Waals surface area contributed by atoms with Crippen LogP contribution in [-0.2, 0) is 16.0 Å². The molecule has 4 rings (SSSR count). The van der Waals surface area contributed by atoms with Gasteiger partial charge in [0.2, 0.25) is 18.3 Å². The fraction of sp³-hybridized carbons (Fsp3) is 0.464. The second-order valence-corrected chi connectivity index (χ2v) is 9.38. The summed E-state index contributed by atoms with van der Waals surface area (Å²) < 4.78 is 40.6. The number of carbonyl (C=O) groups excluding carboxylic acids is 1. The third-order valence-electron chi connectivity index (χ3n) is 7.33. The molecule has 0 fully saturated rings. The predicted octanol–water partition coefficient (Wildman–Crippen LogP) is 4.61. The van der Waals surface area contributed by atoms with Gasteiger partial charge < -0.3 is 38.3 Å². The molecule has 2 aromatic rings. The van der Waals surface area contributed by atoms with Gasteiger partial charge in [-0.05, 0) is 50.8 Å². The van der Waals surface area contributed by atoms with Gasteiger partial charge in [0.05, 0.1) is 28.4 Å². The summed E-state index contributed by atoms with van der Waals surface area (Å²) in [5.74, 6) is 1.60. The molecule has 0 radical (unpaired) electrons. The van der Waals surface area contributed by atoms with E-state index < -0.39 is 17.7 Å². The van der Waals surface area contributed by atoms with Crippen LogP contribution in [0.15, 0.2) is 23.8 Å². The number of ether oxygens (including phenoxy) is 7. The lowest BCUT2D eigenvalue weighted by molar-refractivity contribution is -0.166. The molecule has 1 N–H and O–H groups in total. The van der Waals surface area contributed by atoms with Gasteiger partial charge in [-0.15, -0.1) is 0 Å². The molecule has 1 aliphatic heterocycles. The van der Waals surface area contributed by atoms with Crippen LogP contribution in [0.3, 0.4) is 0 Å². The van der Waals surface area contributed by atoms with E-state index in [-0.39, 0.29) is 12.7 Å². The highest BCUT2D eigenvalue weighted by atomic mass is 16.7. The van der Waals surface area contributed by atoms with Crippen molar-refractivity contribution in [3.8, 4) is 45.6 Å². The summed E-state index contributed by atoms with van der Waals surface area (Å²) in [6.45, 7) is 7.05. The summed E-state index contributed by atoms with van der Waals surface area (Å²) in [7, 11) is 6.08. The van der Waals surface area contributed by atoms with E-state index in [9.17, 15) is 9.90 Å². The van der Waals surface area contributed by atoms with Crippen LogP contribution in [-0.4, -0.2) is 51.9 Å². The van der Waals surface area contributed by atoms with Gasteiger partial charge >= 0.3 is 5.97 Å². The number of rotatable bonds is 6. The Labute approximate surface area is 216 Å². The molecule has 0 amide bonds. The maximum Gasteiger partial charge on any atom is 0.334 e. The lowest BCUT2D eigenvalue weighted by atomic mass is 9.73. The van der Waals surface area contributed by atoms with E-state index in [0.717, 1.165) is 5.56 Å². The van der Waals surface area contributed by atoms with Crippen LogP contribution in [0.1, 0.15) is 44.9 Å². The standard InChI is InChI=1S/C28H34O9/c1-9-14(2)27(29)37-26-17-12-18(31-5)22(32-6)25(34-8)21(17)20-16(10-15(3)28(26,4)30)11-19-23(24(20)33-7)36-13-35-19/h9,11-12,15,26,30H,10,13H2,1-8H3/b14-9-/t15-,26?,28-/m0/s1. The second kappa shape index (κ2) is 10.0. The monoisotopic (exact) mass is 514 g/mol. The van der Waals surface area contributed by atoms with Crippen LogP contribution in [0, 0.1) is 5.92 Å². The van der Waals surface area contributed by atoms with Gasteiger partial charge in [0.25, 0.3) is 0 Å². The van der Waals surface area contributed by atoms with Crippen molar-refractivity contribution in [2.45, 2.75) is 45.8 Å². The zero-order valence-electron chi connectivity index (χ0n) is 22.5. The molecule has 1 aliphatic carbocycles. The number of esters is 1. The van der Waals surface area contributed by atoms with Gasteiger partial charge in [-0.3, -0.25) is 0 Å². The minimum Gasteiger partial charge on any atom is -0.493 e. The van der Waals surface area contributed by atoms with Crippen molar-refractivity contribution >= 4 is 5.97 Å². The van der Waals surface area contributed by atoms with Crippen molar-refractivity contribution in [2.24, 2.45) is 5.92 Å². The number of hydrogen-bond donors (Lipinski definition) is 1. The molecule has 0 spiro atoms. The van der Waals surface area contributed by atoms with E-state index in [1.54, 1.807) is 40.0 Å². The first kappa shape index (κ1) is 26.5. The molecular formula is C28H34O9. The summed E-state index contributed by atoms with van der Waals surface area (Å²) in [5.41, 5.74) is 1.46. The highest BCUT2D eigenvalue weighted by molar-refractivity contribution is 5.90. The van der Waals surface area contributed by atoms with Crippen LogP contribution < -0.4 is 28.4 Å². The Morgan fingerprint density at radius 2 is 1.70 bits per heavy atom. The molecular weight excluding hydrogens is 480 g/mol. The van der Waals surface area contributed by atoms with E-state index in [4.69, 9.17) is 33.2 Å². The lowest BCUT2D eigenvalue weighted by Crippen LogP contribution is -2.44. The fourth-order valence-corrected chi connectivity index (χ4v) is 4.94.